The smallest absolute Gasteiger partial charge is 0.317 e. The van der Waals surface area contributed by atoms with Gasteiger partial charge in [0.05, 0.1) is 11.9 Å². The van der Waals surface area contributed by atoms with Crippen molar-refractivity contribution < 1.29 is 13.9 Å². The molecule has 0 radical (unpaired) electrons. The van der Waals surface area contributed by atoms with Crippen LogP contribution in [0.15, 0.2) is 59.5 Å². The van der Waals surface area contributed by atoms with E-state index in [1.807, 2.05) is 17.0 Å². The van der Waals surface area contributed by atoms with E-state index in [1.54, 1.807) is 18.3 Å². The van der Waals surface area contributed by atoms with Gasteiger partial charge >= 0.3 is 11.6 Å². The lowest BCUT2D eigenvalue weighted by atomic mass is 10.1. The number of urea groups is 1. The molecule has 1 aliphatic heterocycles. The second-order valence-electron chi connectivity index (χ2n) is 10.4. The molecule has 0 bridgehead atoms. The fraction of sp³-hybridized carbons (Fsp3) is 0.414. The van der Waals surface area contributed by atoms with E-state index in [9.17, 15) is 14.0 Å². The van der Waals surface area contributed by atoms with Crippen LogP contribution < -0.4 is 20.5 Å². The number of hydrogen-bond donors (Lipinski definition) is 1. The van der Waals surface area contributed by atoms with Crippen LogP contribution in [0.5, 0.6) is 5.75 Å². The Hall–Kier alpha value is -3.88. The fourth-order valence-corrected chi connectivity index (χ4v) is 5.81. The van der Waals surface area contributed by atoms with Crippen molar-refractivity contribution in [1.82, 2.24) is 20.0 Å². The van der Waals surface area contributed by atoms with Gasteiger partial charge in [-0.1, -0.05) is 43.2 Å². The quantitative estimate of drug-likeness (QED) is 0.559. The Balaban J connectivity index is 1.24. The van der Waals surface area contributed by atoms with Gasteiger partial charge in [-0.05, 0) is 42.2 Å². The van der Waals surface area contributed by atoms with E-state index in [0.717, 1.165) is 12.8 Å². The fourth-order valence-electron chi connectivity index (χ4n) is 5.81. The number of rotatable bonds is 5. The summed E-state index contributed by atoms with van der Waals surface area (Å²) in [6.45, 7) is 2.20. The summed E-state index contributed by atoms with van der Waals surface area (Å²) in [6.07, 6.45) is 7.30. The van der Waals surface area contributed by atoms with Crippen LogP contribution in [0.25, 0.3) is 5.69 Å². The molecule has 2 heterocycles. The average molecular weight is 518 g/mol. The van der Waals surface area contributed by atoms with Gasteiger partial charge in [-0.15, -0.1) is 0 Å². The number of carbonyl (C=O) groups excluding carboxylic acids is 1. The predicted molar refractivity (Wildman–Crippen MR) is 143 cm³/mol. The maximum absolute atomic E-state index is 13.9. The lowest BCUT2D eigenvalue weighted by Crippen LogP contribution is -2.53. The Morgan fingerprint density at radius 3 is 2.37 bits per heavy atom. The summed E-state index contributed by atoms with van der Waals surface area (Å²) < 4.78 is 21.6. The lowest BCUT2D eigenvalue weighted by Gasteiger charge is -2.37. The van der Waals surface area contributed by atoms with Gasteiger partial charge in [0.1, 0.15) is 17.6 Å². The van der Waals surface area contributed by atoms with Gasteiger partial charge in [0.15, 0.2) is 0 Å². The summed E-state index contributed by atoms with van der Waals surface area (Å²) in [7, 11) is 0. The lowest BCUT2D eigenvalue weighted by molar-refractivity contribution is 0.189. The van der Waals surface area contributed by atoms with Crippen LogP contribution in [0.4, 0.5) is 14.9 Å². The number of benzene rings is 2. The van der Waals surface area contributed by atoms with E-state index >= 15 is 0 Å². The number of fused-ring (bicyclic) bond motifs is 1. The molecule has 198 valence electrons. The third-order valence-corrected chi connectivity index (χ3v) is 7.86. The average Bonchev–Trinajstić information content (AvgIpc) is 3.59. The molecule has 38 heavy (non-hydrogen) atoms. The molecule has 8 nitrogen and oxygen atoms in total. The normalized spacial score (nSPS) is 18.0. The first-order valence-corrected chi connectivity index (χ1v) is 13.5. The topological polar surface area (TPSA) is 79.7 Å². The van der Waals surface area contributed by atoms with Gasteiger partial charge in [-0.2, -0.15) is 9.78 Å². The zero-order chi connectivity index (χ0) is 26.1. The third-order valence-electron chi connectivity index (χ3n) is 7.86. The number of piperazine rings is 1. The summed E-state index contributed by atoms with van der Waals surface area (Å²) in [5, 5.41) is 7.54. The Morgan fingerprint density at radius 1 is 0.974 bits per heavy atom. The number of anilines is 1. The Morgan fingerprint density at radius 2 is 1.68 bits per heavy atom. The van der Waals surface area contributed by atoms with Gasteiger partial charge in [0.2, 0.25) is 5.75 Å². The predicted octanol–water partition coefficient (Wildman–Crippen LogP) is 3.69. The van der Waals surface area contributed by atoms with E-state index in [2.05, 4.69) is 27.4 Å². The van der Waals surface area contributed by atoms with Crippen molar-refractivity contribution in [1.29, 1.82) is 0 Å². The Bertz CT molecular complexity index is 1350. The molecule has 2 aromatic carbocycles. The van der Waals surface area contributed by atoms with Crippen LogP contribution in [0, 0.1) is 5.82 Å². The molecule has 2 amide bonds. The highest BCUT2D eigenvalue weighted by atomic mass is 19.1. The molecular formula is C29H32FN5O3. The molecule has 0 spiro atoms. The number of amides is 2. The van der Waals surface area contributed by atoms with Crippen LogP contribution in [-0.2, 0) is 12.8 Å². The summed E-state index contributed by atoms with van der Waals surface area (Å²) in [5.41, 5.74) is 2.97. The summed E-state index contributed by atoms with van der Waals surface area (Å²) in [4.78, 5) is 30.4. The van der Waals surface area contributed by atoms with Crippen LogP contribution in [0.1, 0.15) is 36.8 Å². The minimum Gasteiger partial charge on any atom is -0.482 e. The maximum Gasteiger partial charge on any atom is 0.317 e. The van der Waals surface area contributed by atoms with E-state index in [1.165, 1.54) is 40.8 Å². The molecule has 0 unspecified atom stereocenters. The first kappa shape index (κ1) is 24.5. The number of hydrogen-bond acceptors (Lipinski definition) is 5. The van der Waals surface area contributed by atoms with E-state index in [-0.39, 0.29) is 23.9 Å². The van der Waals surface area contributed by atoms with Gasteiger partial charge < -0.3 is 19.9 Å². The molecule has 6 rings (SSSR count). The van der Waals surface area contributed by atoms with Crippen molar-refractivity contribution in [3.8, 4) is 11.4 Å². The monoisotopic (exact) mass is 517 g/mol. The molecule has 1 aromatic heterocycles. The number of halogens is 1. The van der Waals surface area contributed by atoms with E-state index < -0.39 is 11.4 Å². The Kier molecular flexibility index (Phi) is 6.74. The minimum absolute atomic E-state index is 0.0172. The number of carbonyl (C=O) groups is 1. The van der Waals surface area contributed by atoms with Crippen LogP contribution in [0.2, 0.25) is 0 Å². The largest absolute Gasteiger partial charge is 0.482 e. The molecule has 3 aliphatic rings. The standard InChI is InChI=1S/C29H32FN5O3/c30-22-8-5-11-24(18-22)35-28(36)27(38-25-16-20-6-1-2-7-21(20)17-25)26(19-31-35)33-12-14-34(15-13-33)29(37)32-23-9-3-4-10-23/h1-2,5-8,11,18-19,23,25H,3-4,9-10,12-17H2,(H,32,37). The molecule has 3 aromatic rings. The van der Waals surface area contributed by atoms with Gasteiger partial charge in [-0.3, -0.25) is 4.79 Å². The van der Waals surface area contributed by atoms with Gasteiger partial charge in [0.25, 0.3) is 0 Å². The maximum atomic E-state index is 13.9. The molecule has 2 aliphatic carbocycles. The second-order valence-corrected chi connectivity index (χ2v) is 10.4. The number of nitrogens with zero attached hydrogens (tertiary/aromatic N) is 4. The van der Waals surface area contributed by atoms with Crippen molar-refractivity contribution in [2.24, 2.45) is 0 Å². The summed E-state index contributed by atoms with van der Waals surface area (Å²) in [6, 6.07) is 14.3. The van der Waals surface area contributed by atoms with Crippen molar-refractivity contribution in [2.75, 3.05) is 31.1 Å². The molecule has 1 N–H and O–H groups in total. The van der Waals surface area contributed by atoms with Crippen molar-refractivity contribution in [3.05, 3.63) is 82.0 Å². The minimum atomic E-state index is -0.444. The van der Waals surface area contributed by atoms with Crippen LogP contribution in [-0.4, -0.2) is 59.0 Å². The number of nitrogens with one attached hydrogen (secondary N) is 1. The van der Waals surface area contributed by atoms with Crippen LogP contribution in [0.3, 0.4) is 0 Å². The highest BCUT2D eigenvalue weighted by Gasteiger charge is 2.30. The highest BCUT2D eigenvalue weighted by molar-refractivity contribution is 5.75. The molecule has 1 saturated heterocycles. The van der Waals surface area contributed by atoms with Crippen molar-refractivity contribution >= 4 is 11.7 Å². The first-order chi connectivity index (χ1) is 18.5. The third kappa shape index (κ3) is 4.97. The number of ether oxygens (including phenoxy) is 1. The molecular weight excluding hydrogens is 485 g/mol. The SMILES string of the molecule is O=C(NC1CCCC1)N1CCN(c2cnn(-c3cccc(F)c3)c(=O)c2OC2Cc3ccccc3C2)CC1. The van der Waals surface area contributed by atoms with Crippen molar-refractivity contribution in [3.63, 3.8) is 0 Å². The van der Waals surface area contributed by atoms with Gasteiger partial charge in [-0.25, -0.2) is 9.18 Å². The Labute approximate surface area is 221 Å². The van der Waals surface area contributed by atoms with E-state index in [0.29, 0.717) is 50.4 Å². The van der Waals surface area contributed by atoms with Gasteiger partial charge in [0, 0.05) is 45.1 Å². The van der Waals surface area contributed by atoms with Crippen LogP contribution >= 0.6 is 0 Å². The molecule has 0 atom stereocenters. The summed E-state index contributed by atoms with van der Waals surface area (Å²) >= 11 is 0. The molecule has 2 fully saturated rings. The summed E-state index contributed by atoms with van der Waals surface area (Å²) in [5.74, 6) is -0.230. The first-order valence-electron chi connectivity index (χ1n) is 13.5. The molecule has 1 saturated carbocycles. The second kappa shape index (κ2) is 10.5. The zero-order valence-electron chi connectivity index (χ0n) is 21.3. The highest BCUT2D eigenvalue weighted by Crippen LogP contribution is 2.30. The number of aromatic nitrogens is 2. The molecule has 9 heteroatoms. The van der Waals surface area contributed by atoms with E-state index in [4.69, 9.17) is 4.74 Å². The van der Waals surface area contributed by atoms with Crippen molar-refractivity contribution in [2.45, 2.75) is 50.7 Å². The zero-order valence-corrected chi connectivity index (χ0v) is 21.3.